The molecule has 2 heterocycles. The summed E-state index contributed by atoms with van der Waals surface area (Å²) in [4.78, 5) is 4.50. The average Bonchev–Trinajstić information content (AvgIpc) is 2.90. The Bertz CT molecular complexity index is 588. The highest BCUT2D eigenvalue weighted by molar-refractivity contribution is 8.06. The highest BCUT2D eigenvalue weighted by atomic mass is 32.2. The SMILES string of the molecule is CC1SCCSC1c1noc(Cc2ccccc2O)n1. The number of benzene rings is 1. The maximum atomic E-state index is 9.77. The molecule has 2 atom stereocenters. The molecule has 4 nitrogen and oxygen atoms in total. The summed E-state index contributed by atoms with van der Waals surface area (Å²) >= 11 is 3.85. The lowest BCUT2D eigenvalue weighted by atomic mass is 10.1. The minimum atomic E-state index is 0.267. The van der Waals surface area contributed by atoms with E-state index in [4.69, 9.17) is 4.52 Å². The fourth-order valence-corrected chi connectivity index (χ4v) is 4.87. The van der Waals surface area contributed by atoms with Crippen LogP contribution >= 0.6 is 23.5 Å². The van der Waals surface area contributed by atoms with Gasteiger partial charge in [0.15, 0.2) is 5.82 Å². The van der Waals surface area contributed by atoms with Crippen LogP contribution in [0, 0.1) is 0 Å². The third-order valence-corrected chi connectivity index (χ3v) is 6.35. The van der Waals surface area contributed by atoms with Crippen LogP contribution in [-0.2, 0) is 6.42 Å². The van der Waals surface area contributed by atoms with Gasteiger partial charge in [-0.05, 0) is 6.07 Å². The molecule has 1 fully saturated rings. The van der Waals surface area contributed by atoms with Crippen LogP contribution in [0.3, 0.4) is 0 Å². The van der Waals surface area contributed by atoms with E-state index in [9.17, 15) is 5.11 Å². The monoisotopic (exact) mass is 308 g/mol. The number of nitrogens with zero attached hydrogens (tertiary/aromatic N) is 2. The molecule has 6 heteroatoms. The van der Waals surface area contributed by atoms with Gasteiger partial charge < -0.3 is 9.63 Å². The van der Waals surface area contributed by atoms with E-state index in [-0.39, 0.29) is 5.75 Å². The molecule has 3 rings (SSSR count). The van der Waals surface area contributed by atoms with Crippen LogP contribution in [0.4, 0.5) is 0 Å². The zero-order chi connectivity index (χ0) is 13.9. The van der Waals surface area contributed by atoms with E-state index in [0.717, 1.165) is 17.1 Å². The van der Waals surface area contributed by atoms with Crippen LogP contribution in [0.2, 0.25) is 0 Å². The maximum absolute atomic E-state index is 9.77. The van der Waals surface area contributed by atoms with Crippen molar-refractivity contribution in [2.45, 2.75) is 23.8 Å². The molecule has 1 aliphatic rings. The van der Waals surface area contributed by atoms with Gasteiger partial charge >= 0.3 is 0 Å². The second-order valence-electron chi connectivity index (χ2n) is 4.72. The summed E-state index contributed by atoms with van der Waals surface area (Å²) in [5, 5.41) is 14.7. The molecule has 1 aromatic heterocycles. The fraction of sp³-hybridized carbons (Fsp3) is 0.429. The van der Waals surface area contributed by atoms with Crippen LogP contribution in [0.5, 0.6) is 5.75 Å². The molecule has 2 aromatic rings. The van der Waals surface area contributed by atoms with Crippen LogP contribution in [0.1, 0.15) is 29.5 Å². The fourth-order valence-electron chi connectivity index (χ4n) is 2.20. The van der Waals surface area contributed by atoms with E-state index in [2.05, 4.69) is 17.1 Å². The largest absolute Gasteiger partial charge is 0.508 e. The molecular formula is C14H16N2O2S2. The molecular weight excluding hydrogens is 292 g/mol. The number of hydrogen-bond acceptors (Lipinski definition) is 6. The van der Waals surface area contributed by atoms with Gasteiger partial charge in [-0.25, -0.2) is 0 Å². The van der Waals surface area contributed by atoms with Crippen molar-refractivity contribution in [2.24, 2.45) is 0 Å². The second-order valence-corrected chi connectivity index (χ2v) is 7.45. The molecule has 1 aliphatic heterocycles. The van der Waals surface area contributed by atoms with Gasteiger partial charge in [-0.15, -0.1) is 11.8 Å². The Hall–Kier alpha value is -1.14. The van der Waals surface area contributed by atoms with Gasteiger partial charge in [-0.1, -0.05) is 30.3 Å². The first-order valence-electron chi connectivity index (χ1n) is 6.56. The quantitative estimate of drug-likeness (QED) is 0.939. The molecule has 20 heavy (non-hydrogen) atoms. The molecule has 2 unspecified atom stereocenters. The minimum Gasteiger partial charge on any atom is -0.508 e. The first-order chi connectivity index (χ1) is 9.74. The van der Waals surface area contributed by atoms with Crippen LogP contribution in [0.25, 0.3) is 0 Å². The summed E-state index contributed by atoms with van der Waals surface area (Å²) in [6, 6.07) is 7.23. The normalized spacial score (nSPS) is 22.9. The topological polar surface area (TPSA) is 59.2 Å². The predicted octanol–water partition coefficient (Wildman–Crippen LogP) is 3.28. The number of hydrogen-bond donors (Lipinski definition) is 1. The molecule has 0 saturated carbocycles. The van der Waals surface area contributed by atoms with Crippen molar-refractivity contribution in [1.82, 2.24) is 10.1 Å². The van der Waals surface area contributed by atoms with Gasteiger partial charge in [0, 0.05) is 22.3 Å². The van der Waals surface area contributed by atoms with E-state index in [0.29, 0.717) is 22.8 Å². The molecule has 0 radical (unpaired) electrons. The Labute approximate surface area is 126 Å². The summed E-state index contributed by atoms with van der Waals surface area (Å²) in [5.41, 5.74) is 0.807. The van der Waals surface area contributed by atoms with E-state index in [1.54, 1.807) is 12.1 Å². The summed E-state index contributed by atoms with van der Waals surface area (Å²) in [7, 11) is 0. The van der Waals surface area contributed by atoms with Gasteiger partial charge in [-0.3, -0.25) is 0 Å². The number of aromatic hydroxyl groups is 1. The summed E-state index contributed by atoms with van der Waals surface area (Å²) in [6.45, 7) is 2.21. The van der Waals surface area contributed by atoms with Gasteiger partial charge in [-0.2, -0.15) is 16.7 Å². The number of rotatable bonds is 3. The molecule has 0 aliphatic carbocycles. The summed E-state index contributed by atoms with van der Waals surface area (Å²) in [5.74, 6) is 3.92. The predicted molar refractivity (Wildman–Crippen MR) is 82.3 cm³/mol. The van der Waals surface area contributed by atoms with E-state index < -0.39 is 0 Å². The number of phenolic OH excluding ortho intramolecular Hbond substituents is 1. The third kappa shape index (κ3) is 2.96. The summed E-state index contributed by atoms with van der Waals surface area (Å²) < 4.78 is 5.33. The zero-order valence-corrected chi connectivity index (χ0v) is 12.8. The number of thioether (sulfide) groups is 2. The Morgan fingerprint density at radius 3 is 2.90 bits per heavy atom. The van der Waals surface area contributed by atoms with Crippen molar-refractivity contribution in [3.8, 4) is 5.75 Å². The van der Waals surface area contributed by atoms with Gasteiger partial charge in [0.2, 0.25) is 5.89 Å². The Balaban J connectivity index is 1.75. The van der Waals surface area contributed by atoms with Crippen molar-refractivity contribution in [2.75, 3.05) is 11.5 Å². The van der Waals surface area contributed by atoms with Crippen molar-refractivity contribution in [3.63, 3.8) is 0 Å². The molecule has 1 aromatic carbocycles. The lowest BCUT2D eigenvalue weighted by Crippen LogP contribution is -2.16. The van der Waals surface area contributed by atoms with Crippen LogP contribution in [-0.4, -0.2) is 32.0 Å². The summed E-state index contributed by atoms with van der Waals surface area (Å²) in [6.07, 6.45) is 0.471. The van der Waals surface area contributed by atoms with Crippen LogP contribution < -0.4 is 0 Å². The first kappa shape index (κ1) is 13.8. The van der Waals surface area contributed by atoms with Crippen molar-refractivity contribution >= 4 is 23.5 Å². The van der Waals surface area contributed by atoms with Crippen molar-refractivity contribution < 1.29 is 9.63 Å². The first-order valence-corrected chi connectivity index (χ1v) is 8.66. The molecule has 0 spiro atoms. The maximum Gasteiger partial charge on any atom is 0.231 e. The number of phenols is 1. The Morgan fingerprint density at radius 2 is 2.10 bits per heavy atom. The molecule has 1 N–H and O–H groups in total. The minimum absolute atomic E-state index is 0.267. The highest BCUT2D eigenvalue weighted by Crippen LogP contribution is 2.41. The van der Waals surface area contributed by atoms with Gasteiger partial charge in [0.25, 0.3) is 0 Å². The van der Waals surface area contributed by atoms with Gasteiger partial charge in [0.05, 0.1) is 11.7 Å². The molecule has 1 saturated heterocycles. The van der Waals surface area contributed by atoms with E-state index in [1.165, 1.54) is 5.75 Å². The third-order valence-electron chi connectivity index (χ3n) is 3.26. The van der Waals surface area contributed by atoms with Crippen molar-refractivity contribution in [1.29, 1.82) is 0 Å². The molecule has 106 valence electrons. The lowest BCUT2D eigenvalue weighted by Gasteiger charge is -2.24. The van der Waals surface area contributed by atoms with Gasteiger partial charge in [0.1, 0.15) is 5.75 Å². The number of para-hydroxylation sites is 1. The Kier molecular flexibility index (Phi) is 4.21. The van der Waals surface area contributed by atoms with E-state index in [1.807, 2.05) is 35.7 Å². The Morgan fingerprint density at radius 1 is 1.30 bits per heavy atom. The molecule has 0 amide bonds. The molecule has 0 bridgehead atoms. The lowest BCUT2D eigenvalue weighted by molar-refractivity contribution is 0.376. The van der Waals surface area contributed by atoms with E-state index >= 15 is 0 Å². The van der Waals surface area contributed by atoms with Crippen molar-refractivity contribution in [3.05, 3.63) is 41.5 Å². The zero-order valence-electron chi connectivity index (χ0n) is 11.2. The standard InChI is InChI=1S/C14H16N2O2S2/c1-9-13(20-7-6-19-9)14-15-12(18-16-14)8-10-4-2-3-5-11(10)17/h2-5,9,13,17H,6-8H2,1H3. The smallest absolute Gasteiger partial charge is 0.231 e. The second kappa shape index (κ2) is 6.10. The number of aromatic nitrogens is 2. The average molecular weight is 308 g/mol. The highest BCUT2D eigenvalue weighted by Gasteiger charge is 2.28. The van der Waals surface area contributed by atoms with Crippen LogP contribution in [0.15, 0.2) is 28.8 Å².